The molecule has 196 valence electrons. The van der Waals surface area contributed by atoms with E-state index in [1.165, 1.54) is 12.1 Å². The minimum absolute atomic E-state index is 0.0118. The van der Waals surface area contributed by atoms with E-state index in [0.29, 0.717) is 30.2 Å². The third-order valence-corrected chi connectivity index (χ3v) is 7.88. The quantitative estimate of drug-likeness (QED) is 0.323. The van der Waals surface area contributed by atoms with Gasteiger partial charge in [0.15, 0.2) is 5.78 Å². The zero-order chi connectivity index (χ0) is 26.8. The Labute approximate surface area is 210 Å². The summed E-state index contributed by atoms with van der Waals surface area (Å²) in [6, 6.07) is 12.0. The van der Waals surface area contributed by atoms with Gasteiger partial charge in [-0.25, -0.2) is 17.2 Å². The predicted molar refractivity (Wildman–Crippen MR) is 125 cm³/mol. The molecule has 11 heteroatoms. The molecular formula is C26H22F5NO4S. The summed E-state index contributed by atoms with van der Waals surface area (Å²) >= 11 is 0. The Morgan fingerprint density at radius 1 is 0.946 bits per heavy atom. The normalized spacial score (nSPS) is 16.6. The predicted octanol–water partition coefficient (Wildman–Crippen LogP) is 6.13. The Hall–Kier alpha value is -3.31. The topological polar surface area (TPSA) is 63.7 Å². The summed E-state index contributed by atoms with van der Waals surface area (Å²) < 4.78 is 98.0. The maximum Gasteiger partial charge on any atom is 0.416 e. The standard InChI is InChI=1S/C26H22F5NO4S/c27-19-14-20(28)16-23(15-19)37(34,35)32-12-2-5-24(32)25(33)11-6-17-3-1-4-22(13-17)36-21-9-7-18(8-10-21)26(29,30)31/h1,3-4,7-10,13-16,24H,2,5-6,11-12H2/t24-/m0/s1. The summed E-state index contributed by atoms with van der Waals surface area (Å²) in [5, 5.41) is 0. The number of carbonyl (C=O) groups is 1. The molecule has 1 saturated heterocycles. The zero-order valence-corrected chi connectivity index (χ0v) is 20.2. The van der Waals surface area contributed by atoms with Gasteiger partial charge in [-0.1, -0.05) is 12.1 Å². The van der Waals surface area contributed by atoms with Gasteiger partial charge in [-0.05, 0) is 73.4 Å². The van der Waals surface area contributed by atoms with E-state index in [0.717, 1.165) is 28.6 Å². The number of ketones is 1. The third kappa shape index (κ3) is 6.34. The Morgan fingerprint density at radius 3 is 2.27 bits per heavy atom. The second-order valence-corrected chi connectivity index (χ2v) is 10.5. The van der Waals surface area contributed by atoms with Crippen molar-refractivity contribution in [3.63, 3.8) is 0 Å². The highest BCUT2D eigenvalue weighted by molar-refractivity contribution is 7.89. The van der Waals surface area contributed by atoms with Crippen LogP contribution in [-0.4, -0.2) is 31.1 Å². The molecule has 3 aromatic carbocycles. The van der Waals surface area contributed by atoms with Crippen molar-refractivity contribution in [1.29, 1.82) is 0 Å². The molecule has 0 radical (unpaired) electrons. The summed E-state index contributed by atoms with van der Waals surface area (Å²) in [6.45, 7) is 0.0628. The monoisotopic (exact) mass is 539 g/mol. The molecule has 3 aromatic rings. The molecule has 4 rings (SSSR count). The lowest BCUT2D eigenvalue weighted by Crippen LogP contribution is -2.40. The number of sulfonamides is 1. The molecule has 1 heterocycles. The second kappa shape index (κ2) is 10.6. The number of rotatable bonds is 8. The van der Waals surface area contributed by atoms with Gasteiger partial charge >= 0.3 is 6.18 Å². The average Bonchev–Trinajstić information content (AvgIpc) is 3.33. The molecule has 1 atom stereocenters. The molecule has 0 spiro atoms. The number of carbonyl (C=O) groups excluding carboxylic acids is 1. The molecule has 0 bridgehead atoms. The van der Waals surface area contributed by atoms with Gasteiger partial charge in [-0.3, -0.25) is 4.79 Å². The number of benzene rings is 3. The van der Waals surface area contributed by atoms with Gasteiger partial charge < -0.3 is 4.74 Å². The second-order valence-electron chi connectivity index (χ2n) is 8.62. The summed E-state index contributed by atoms with van der Waals surface area (Å²) in [6.07, 6.45) is -3.44. The van der Waals surface area contributed by atoms with Crippen molar-refractivity contribution >= 4 is 15.8 Å². The largest absolute Gasteiger partial charge is 0.457 e. The van der Waals surface area contributed by atoms with E-state index >= 15 is 0 Å². The zero-order valence-electron chi connectivity index (χ0n) is 19.3. The number of alkyl halides is 3. The van der Waals surface area contributed by atoms with Crippen LogP contribution in [0.3, 0.4) is 0 Å². The van der Waals surface area contributed by atoms with Crippen molar-refractivity contribution in [3.8, 4) is 11.5 Å². The van der Waals surface area contributed by atoms with E-state index < -0.39 is 44.3 Å². The lowest BCUT2D eigenvalue weighted by atomic mass is 10.0. The van der Waals surface area contributed by atoms with Crippen LogP contribution in [0.5, 0.6) is 11.5 Å². The number of hydrogen-bond acceptors (Lipinski definition) is 4. The highest BCUT2D eigenvalue weighted by atomic mass is 32.2. The molecular weight excluding hydrogens is 517 g/mol. The van der Waals surface area contributed by atoms with Crippen molar-refractivity contribution in [2.45, 2.75) is 42.8 Å². The molecule has 0 aromatic heterocycles. The lowest BCUT2D eigenvalue weighted by molar-refractivity contribution is -0.137. The molecule has 37 heavy (non-hydrogen) atoms. The summed E-state index contributed by atoms with van der Waals surface area (Å²) in [5.41, 5.74) is -0.0880. The average molecular weight is 540 g/mol. The molecule has 1 fully saturated rings. The summed E-state index contributed by atoms with van der Waals surface area (Å²) in [4.78, 5) is 12.4. The van der Waals surface area contributed by atoms with Crippen LogP contribution < -0.4 is 4.74 Å². The van der Waals surface area contributed by atoms with E-state index in [1.807, 2.05) is 0 Å². The van der Waals surface area contributed by atoms with Gasteiger partial charge in [0, 0.05) is 19.0 Å². The maximum absolute atomic E-state index is 13.6. The lowest BCUT2D eigenvalue weighted by Gasteiger charge is -2.23. The first kappa shape index (κ1) is 26.7. The van der Waals surface area contributed by atoms with Crippen LogP contribution in [0.15, 0.2) is 71.6 Å². The number of aryl methyl sites for hydroxylation is 1. The molecule has 0 unspecified atom stereocenters. The number of hydrogen-bond donors (Lipinski definition) is 0. The molecule has 0 N–H and O–H groups in total. The Kier molecular flexibility index (Phi) is 7.65. The van der Waals surface area contributed by atoms with Crippen molar-refractivity contribution in [2.24, 2.45) is 0 Å². The first-order valence-electron chi connectivity index (χ1n) is 11.4. The van der Waals surface area contributed by atoms with Crippen LogP contribution in [0.4, 0.5) is 22.0 Å². The van der Waals surface area contributed by atoms with Gasteiger partial charge in [-0.15, -0.1) is 0 Å². The third-order valence-electron chi connectivity index (χ3n) is 5.99. The smallest absolute Gasteiger partial charge is 0.416 e. The molecule has 5 nitrogen and oxygen atoms in total. The van der Waals surface area contributed by atoms with Gasteiger partial charge in [-0.2, -0.15) is 17.5 Å². The SMILES string of the molecule is O=C(CCc1cccc(Oc2ccc(C(F)(F)F)cc2)c1)[C@@H]1CCCN1S(=O)(=O)c1cc(F)cc(F)c1. The van der Waals surface area contributed by atoms with Gasteiger partial charge in [0.2, 0.25) is 10.0 Å². The molecule has 0 amide bonds. The van der Waals surface area contributed by atoms with Crippen molar-refractivity contribution in [3.05, 3.63) is 89.5 Å². The fourth-order valence-corrected chi connectivity index (χ4v) is 5.93. The summed E-state index contributed by atoms with van der Waals surface area (Å²) in [7, 11) is -4.27. The van der Waals surface area contributed by atoms with E-state index in [9.17, 15) is 35.2 Å². The van der Waals surface area contributed by atoms with Crippen LogP contribution >= 0.6 is 0 Å². The highest BCUT2D eigenvalue weighted by Gasteiger charge is 2.39. The van der Waals surface area contributed by atoms with Crippen LogP contribution in [0.25, 0.3) is 0 Å². The molecule has 0 aliphatic carbocycles. The van der Waals surface area contributed by atoms with Crippen LogP contribution in [0, 0.1) is 11.6 Å². The van der Waals surface area contributed by atoms with E-state index in [4.69, 9.17) is 4.74 Å². The molecule has 1 aliphatic rings. The Balaban J connectivity index is 1.41. The van der Waals surface area contributed by atoms with E-state index in [1.54, 1.807) is 24.3 Å². The van der Waals surface area contributed by atoms with Gasteiger partial charge in [0.1, 0.15) is 23.1 Å². The minimum Gasteiger partial charge on any atom is -0.457 e. The van der Waals surface area contributed by atoms with Crippen molar-refractivity contribution in [1.82, 2.24) is 4.31 Å². The van der Waals surface area contributed by atoms with Gasteiger partial charge in [0.05, 0.1) is 16.5 Å². The Morgan fingerprint density at radius 2 is 1.62 bits per heavy atom. The Bertz CT molecular complexity index is 1370. The van der Waals surface area contributed by atoms with Gasteiger partial charge in [0.25, 0.3) is 0 Å². The number of nitrogens with zero attached hydrogens (tertiary/aromatic N) is 1. The van der Waals surface area contributed by atoms with Crippen LogP contribution in [0.2, 0.25) is 0 Å². The molecule has 1 aliphatic heterocycles. The fraction of sp³-hybridized carbons (Fsp3) is 0.269. The van der Waals surface area contributed by atoms with Crippen molar-refractivity contribution in [2.75, 3.05) is 6.54 Å². The number of ether oxygens (including phenoxy) is 1. The number of Topliss-reactive ketones (excluding diaryl/α,β-unsaturated/α-hetero) is 1. The minimum atomic E-state index is -4.45. The highest BCUT2D eigenvalue weighted by Crippen LogP contribution is 2.32. The van der Waals surface area contributed by atoms with Crippen molar-refractivity contribution < 1.29 is 39.9 Å². The number of halogens is 5. The van der Waals surface area contributed by atoms with Crippen LogP contribution in [0.1, 0.15) is 30.4 Å². The maximum atomic E-state index is 13.6. The van der Waals surface area contributed by atoms with E-state index in [2.05, 4.69) is 0 Å². The van der Waals surface area contributed by atoms with E-state index in [-0.39, 0.29) is 30.9 Å². The fourth-order valence-electron chi connectivity index (χ4n) is 4.21. The first-order chi connectivity index (χ1) is 17.4. The summed E-state index contributed by atoms with van der Waals surface area (Å²) in [5.74, 6) is -1.81. The first-order valence-corrected chi connectivity index (χ1v) is 12.8. The molecule has 0 saturated carbocycles. The van der Waals surface area contributed by atoms with Crippen LogP contribution in [-0.2, 0) is 27.4 Å².